The first-order valence-corrected chi connectivity index (χ1v) is 7.56. The molecule has 0 aliphatic heterocycles. The van der Waals surface area contributed by atoms with Gasteiger partial charge >= 0.3 is 0 Å². The van der Waals surface area contributed by atoms with Gasteiger partial charge in [-0.05, 0) is 52.7 Å². The summed E-state index contributed by atoms with van der Waals surface area (Å²) in [5.41, 5.74) is 0. The molecule has 0 rings (SSSR count). The third kappa shape index (κ3) is 7.77. The van der Waals surface area contributed by atoms with Crippen molar-refractivity contribution in [3.8, 4) is 0 Å². The zero-order chi connectivity index (χ0) is 13.1. The molecule has 2 heteroatoms. The molecule has 0 aromatic heterocycles. The molecule has 0 heterocycles. The van der Waals surface area contributed by atoms with E-state index in [2.05, 4.69) is 45.1 Å². The number of hydrogen-bond donors (Lipinski definition) is 1. The van der Waals surface area contributed by atoms with E-state index in [1.54, 1.807) is 0 Å². The van der Waals surface area contributed by atoms with E-state index in [9.17, 15) is 0 Å². The van der Waals surface area contributed by atoms with Crippen molar-refractivity contribution in [3.05, 3.63) is 0 Å². The minimum Gasteiger partial charge on any atom is -0.317 e. The molecule has 0 saturated heterocycles. The Hall–Kier alpha value is -0.0800. The number of rotatable bonds is 11. The molecule has 1 N–H and O–H groups in total. The fourth-order valence-electron chi connectivity index (χ4n) is 2.48. The Labute approximate surface area is 109 Å². The summed E-state index contributed by atoms with van der Waals surface area (Å²) in [6.07, 6.45) is 9.21. The van der Waals surface area contributed by atoms with Gasteiger partial charge in [0.1, 0.15) is 0 Å². The van der Waals surface area contributed by atoms with Crippen molar-refractivity contribution in [2.45, 2.75) is 77.8 Å². The summed E-state index contributed by atoms with van der Waals surface area (Å²) in [7, 11) is 4.38. The Morgan fingerprint density at radius 3 is 2.18 bits per heavy atom. The van der Waals surface area contributed by atoms with Gasteiger partial charge in [0, 0.05) is 12.1 Å². The van der Waals surface area contributed by atoms with E-state index in [1.165, 1.54) is 51.5 Å². The minimum atomic E-state index is 0.702. The Kier molecular flexibility index (Phi) is 11.0. The van der Waals surface area contributed by atoms with Gasteiger partial charge in [-0.2, -0.15) is 0 Å². The van der Waals surface area contributed by atoms with E-state index >= 15 is 0 Å². The molecule has 0 aliphatic carbocycles. The maximum absolute atomic E-state index is 3.40. The zero-order valence-electron chi connectivity index (χ0n) is 12.8. The number of hydrogen-bond acceptors (Lipinski definition) is 2. The first-order chi connectivity index (χ1) is 8.19. The standard InChI is InChI=1S/C15H34N2/c1-6-9-10-13-17(5)15(8-3)12-11-14(7-2)16-4/h14-16H,6-13H2,1-5H3. The SMILES string of the molecule is CCCCCN(C)C(CC)CCC(CC)NC. The van der Waals surface area contributed by atoms with Crippen LogP contribution in [-0.4, -0.2) is 37.6 Å². The highest BCUT2D eigenvalue weighted by Gasteiger charge is 2.14. The molecule has 0 aliphatic rings. The molecule has 2 atom stereocenters. The second-order valence-electron chi connectivity index (χ2n) is 5.22. The largest absolute Gasteiger partial charge is 0.317 e. The molecular formula is C15H34N2. The third-order valence-electron chi connectivity index (χ3n) is 3.96. The van der Waals surface area contributed by atoms with E-state index in [1.807, 2.05) is 0 Å². The lowest BCUT2D eigenvalue weighted by Gasteiger charge is -2.28. The van der Waals surface area contributed by atoms with Crippen molar-refractivity contribution in [1.82, 2.24) is 10.2 Å². The van der Waals surface area contributed by atoms with Gasteiger partial charge in [-0.3, -0.25) is 0 Å². The van der Waals surface area contributed by atoms with Crippen molar-refractivity contribution in [2.24, 2.45) is 0 Å². The van der Waals surface area contributed by atoms with Gasteiger partial charge in [0.25, 0.3) is 0 Å². The lowest BCUT2D eigenvalue weighted by Crippen LogP contribution is -2.34. The second-order valence-corrected chi connectivity index (χ2v) is 5.22. The highest BCUT2D eigenvalue weighted by atomic mass is 15.1. The number of nitrogens with zero attached hydrogens (tertiary/aromatic N) is 1. The van der Waals surface area contributed by atoms with Crippen molar-refractivity contribution in [3.63, 3.8) is 0 Å². The van der Waals surface area contributed by atoms with Crippen molar-refractivity contribution >= 4 is 0 Å². The van der Waals surface area contributed by atoms with Gasteiger partial charge in [-0.1, -0.05) is 33.6 Å². The van der Waals surface area contributed by atoms with Gasteiger partial charge in [-0.25, -0.2) is 0 Å². The zero-order valence-corrected chi connectivity index (χ0v) is 12.8. The molecule has 0 aromatic rings. The number of unbranched alkanes of at least 4 members (excludes halogenated alkanes) is 2. The Morgan fingerprint density at radius 1 is 1.00 bits per heavy atom. The van der Waals surface area contributed by atoms with E-state index in [0.29, 0.717) is 6.04 Å². The number of nitrogens with one attached hydrogen (secondary N) is 1. The van der Waals surface area contributed by atoms with Gasteiger partial charge in [0.05, 0.1) is 0 Å². The summed E-state index contributed by atoms with van der Waals surface area (Å²) in [5, 5.41) is 3.40. The summed E-state index contributed by atoms with van der Waals surface area (Å²) in [6.45, 7) is 8.13. The highest BCUT2D eigenvalue weighted by Crippen LogP contribution is 2.13. The van der Waals surface area contributed by atoms with Crippen LogP contribution in [0.4, 0.5) is 0 Å². The summed E-state index contributed by atoms with van der Waals surface area (Å²) in [4.78, 5) is 2.57. The van der Waals surface area contributed by atoms with Crippen molar-refractivity contribution in [2.75, 3.05) is 20.6 Å². The molecular weight excluding hydrogens is 208 g/mol. The van der Waals surface area contributed by atoms with Crippen LogP contribution in [0.5, 0.6) is 0 Å². The average Bonchev–Trinajstić information content (AvgIpc) is 2.35. The Bertz CT molecular complexity index is 155. The fourth-order valence-corrected chi connectivity index (χ4v) is 2.48. The van der Waals surface area contributed by atoms with Gasteiger partial charge in [0.15, 0.2) is 0 Å². The van der Waals surface area contributed by atoms with E-state index < -0.39 is 0 Å². The van der Waals surface area contributed by atoms with E-state index in [-0.39, 0.29) is 0 Å². The highest BCUT2D eigenvalue weighted by molar-refractivity contribution is 4.71. The monoisotopic (exact) mass is 242 g/mol. The third-order valence-corrected chi connectivity index (χ3v) is 3.96. The Balaban J connectivity index is 3.87. The van der Waals surface area contributed by atoms with Crippen molar-refractivity contribution in [1.29, 1.82) is 0 Å². The van der Waals surface area contributed by atoms with Crippen LogP contribution in [0, 0.1) is 0 Å². The molecule has 17 heavy (non-hydrogen) atoms. The van der Waals surface area contributed by atoms with Crippen LogP contribution >= 0.6 is 0 Å². The molecule has 0 fully saturated rings. The molecule has 2 unspecified atom stereocenters. The molecule has 0 amide bonds. The Morgan fingerprint density at radius 2 is 1.71 bits per heavy atom. The second kappa shape index (κ2) is 11.0. The molecule has 0 spiro atoms. The predicted octanol–water partition coefficient (Wildman–Crippen LogP) is 3.67. The lowest BCUT2D eigenvalue weighted by atomic mass is 10.0. The molecule has 0 bridgehead atoms. The quantitative estimate of drug-likeness (QED) is 0.556. The normalized spacial score (nSPS) is 15.2. The van der Waals surface area contributed by atoms with E-state index in [4.69, 9.17) is 0 Å². The molecule has 104 valence electrons. The van der Waals surface area contributed by atoms with Crippen LogP contribution in [0.1, 0.15) is 65.7 Å². The minimum absolute atomic E-state index is 0.702. The van der Waals surface area contributed by atoms with Gasteiger partial charge in [-0.15, -0.1) is 0 Å². The van der Waals surface area contributed by atoms with Crippen LogP contribution in [0.15, 0.2) is 0 Å². The average molecular weight is 242 g/mol. The van der Waals surface area contributed by atoms with Crippen LogP contribution in [0.25, 0.3) is 0 Å². The molecule has 0 radical (unpaired) electrons. The van der Waals surface area contributed by atoms with Gasteiger partial charge < -0.3 is 10.2 Å². The summed E-state index contributed by atoms with van der Waals surface area (Å²) < 4.78 is 0. The summed E-state index contributed by atoms with van der Waals surface area (Å²) >= 11 is 0. The molecule has 0 aromatic carbocycles. The topological polar surface area (TPSA) is 15.3 Å². The molecule has 2 nitrogen and oxygen atoms in total. The van der Waals surface area contributed by atoms with Crippen LogP contribution in [0.3, 0.4) is 0 Å². The van der Waals surface area contributed by atoms with Crippen LogP contribution in [0.2, 0.25) is 0 Å². The fraction of sp³-hybridized carbons (Fsp3) is 1.00. The van der Waals surface area contributed by atoms with Gasteiger partial charge in [0.2, 0.25) is 0 Å². The van der Waals surface area contributed by atoms with Crippen molar-refractivity contribution < 1.29 is 0 Å². The smallest absolute Gasteiger partial charge is 0.00901 e. The first kappa shape index (κ1) is 16.9. The first-order valence-electron chi connectivity index (χ1n) is 7.56. The molecule has 0 saturated carbocycles. The summed E-state index contributed by atoms with van der Waals surface area (Å²) in [6, 6.07) is 1.47. The predicted molar refractivity (Wildman–Crippen MR) is 78.6 cm³/mol. The van der Waals surface area contributed by atoms with Crippen LogP contribution < -0.4 is 5.32 Å². The lowest BCUT2D eigenvalue weighted by molar-refractivity contribution is 0.211. The van der Waals surface area contributed by atoms with Crippen LogP contribution in [-0.2, 0) is 0 Å². The maximum Gasteiger partial charge on any atom is 0.00901 e. The maximum atomic E-state index is 3.40. The van der Waals surface area contributed by atoms with E-state index in [0.717, 1.165) is 6.04 Å². The summed E-state index contributed by atoms with van der Waals surface area (Å²) in [5.74, 6) is 0.